The quantitative estimate of drug-likeness (QED) is 0.155. The van der Waals surface area contributed by atoms with Crippen LogP contribution < -0.4 is 0 Å². The highest BCUT2D eigenvalue weighted by Gasteiger charge is 2.76. The minimum Gasteiger partial charge on any atom is -0.465 e. The van der Waals surface area contributed by atoms with Crippen LogP contribution in [0.1, 0.15) is 25.7 Å². The first-order chi connectivity index (χ1) is 19.4. The number of unbranched alkanes of at least 4 members (excludes halogenated alkanes) is 1. The average Bonchev–Trinajstić information content (AvgIpc) is 3.66. The van der Waals surface area contributed by atoms with Crippen molar-refractivity contribution >= 4 is 56.5 Å². The van der Waals surface area contributed by atoms with Crippen LogP contribution in [0.2, 0.25) is 0 Å². The Kier molecular flexibility index (Phi) is 8.67. The molecule has 40 heavy (non-hydrogen) atoms. The number of aliphatic hydroxyl groups is 1. The standard InChI is InChI=1S/C28H34BrN5O5S/c1-3-5-15-39-27(38)21-22-25(36)33(13-8-9-14-35)24(28(22)16-18(29)23(21)40-28)26(37)32(12-4-2)17-34-20-11-7-6-10-19(20)30-31-34/h3-4,6-7,10-11,18,21-24,35H,1-2,5,8-9,12-17H2/t18?,21-,22-,23-,24?,28?/m0/s1. The summed E-state index contributed by atoms with van der Waals surface area (Å²) < 4.78 is 6.46. The minimum absolute atomic E-state index is 0.00424. The lowest BCUT2D eigenvalue weighted by atomic mass is 9.71. The number of nitrogens with zero attached hydrogens (tertiary/aromatic N) is 5. The second kappa shape index (κ2) is 12.0. The molecule has 12 heteroatoms. The largest absolute Gasteiger partial charge is 0.465 e. The van der Waals surface area contributed by atoms with E-state index >= 15 is 0 Å². The fraction of sp³-hybridized carbons (Fsp3) is 0.536. The van der Waals surface area contributed by atoms with Gasteiger partial charge in [0, 0.05) is 29.8 Å². The molecule has 3 saturated heterocycles. The van der Waals surface area contributed by atoms with Crippen molar-refractivity contribution in [2.24, 2.45) is 11.8 Å². The summed E-state index contributed by atoms with van der Waals surface area (Å²) in [5.74, 6) is -2.11. The number of hydrogen-bond donors (Lipinski definition) is 1. The van der Waals surface area contributed by atoms with E-state index in [9.17, 15) is 19.5 Å². The molecule has 3 unspecified atom stereocenters. The monoisotopic (exact) mass is 631 g/mol. The highest BCUT2D eigenvalue weighted by molar-refractivity contribution is 9.09. The number of fused-ring (bicyclic) bond motifs is 2. The van der Waals surface area contributed by atoms with E-state index in [4.69, 9.17) is 4.74 Å². The number of alkyl halides is 1. The number of benzene rings is 1. The summed E-state index contributed by atoms with van der Waals surface area (Å²) in [7, 11) is 0. The molecule has 2 bridgehead atoms. The van der Waals surface area contributed by atoms with Gasteiger partial charge in [-0.2, -0.15) is 0 Å². The number of rotatable bonds is 13. The van der Waals surface area contributed by atoms with E-state index in [0.717, 1.165) is 11.0 Å². The van der Waals surface area contributed by atoms with Gasteiger partial charge in [0.05, 0.1) is 28.7 Å². The van der Waals surface area contributed by atoms with Crippen LogP contribution in [-0.2, 0) is 25.8 Å². The van der Waals surface area contributed by atoms with Crippen molar-refractivity contribution in [2.45, 2.75) is 53.2 Å². The van der Waals surface area contributed by atoms with Gasteiger partial charge in [0.25, 0.3) is 0 Å². The van der Waals surface area contributed by atoms with Crippen LogP contribution in [0.25, 0.3) is 11.0 Å². The van der Waals surface area contributed by atoms with Crippen molar-refractivity contribution in [3.05, 3.63) is 49.6 Å². The highest BCUT2D eigenvalue weighted by Crippen LogP contribution is 2.68. The molecule has 0 aliphatic carbocycles. The molecule has 3 aliphatic rings. The van der Waals surface area contributed by atoms with Crippen molar-refractivity contribution in [3.63, 3.8) is 0 Å². The summed E-state index contributed by atoms with van der Waals surface area (Å²) in [6, 6.07) is 6.75. The third-order valence-corrected chi connectivity index (χ3v) is 11.3. The molecule has 2 amide bonds. The molecule has 1 spiro atoms. The van der Waals surface area contributed by atoms with Gasteiger partial charge in [0.15, 0.2) is 0 Å². The second-order valence-electron chi connectivity index (χ2n) is 10.4. The topological polar surface area (TPSA) is 118 Å². The zero-order valence-corrected chi connectivity index (χ0v) is 24.6. The van der Waals surface area contributed by atoms with Crippen molar-refractivity contribution in [2.75, 3.05) is 26.3 Å². The molecule has 0 saturated carbocycles. The number of carbonyl (C=O) groups excluding carboxylic acids is 3. The number of esters is 1. The second-order valence-corrected chi connectivity index (χ2v) is 13.2. The van der Waals surface area contributed by atoms with Crippen LogP contribution in [0.4, 0.5) is 0 Å². The Morgan fingerprint density at radius 1 is 1.27 bits per heavy atom. The maximum absolute atomic E-state index is 14.5. The average molecular weight is 633 g/mol. The van der Waals surface area contributed by atoms with Gasteiger partial charge >= 0.3 is 5.97 Å². The predicted octanol–water partition coefficient (Wildman–Crippen LogP) is 2.76. The third kappa shape index (κ3) is 4.87. The molecule has 3 fully saturated rings. The number of carbonyl (C=O) groups is 3. The number of ether oxygens (including phenoxy) is 1. The lowest BCUT2D eigenvalue weighted by Gasteiger charge is -2.37. The molecule has 1 aromatic carbocycles. The molecule has 1 N–H and O–H groups in total. The highest BCUT2D eigenvalue weighted by atomic mass is 79.9. The molecule has 3 aliphatic heterocycles. The van der Waals surface area contributed by atoms with Crippen LogP contribution >= 0.6 is 27.7 Å². The van der Waals surface area contributed by atoms with Gasteiger partial charge in [-0.3, -0.25) is 14.4 Å². The molecule has 6 atom stereocenters. The lowest BCUT2D eigenvalue weighted by Crippen LogP contribution is -2.55. The fourth-order valence-corrected chi connectivity index (χ4v) is 9.98. The summed E-state index contributed by atoms with van der Waals surface area (Å²) in [5, 5.41) is 17.7. The summed E-state index contributed by atoms with van der Waals surface area (Å²) in [6.07, 6.45) is 5.50. The van der Waals surface area contributed by atoms with Crippen LogP contribution in [0.3, 0.4) is 0 Å². The van der Waals surface area contributed by atoms with Gasteiger partial charge in [0.1, 0.15) is 18.2 Å². The summed E-state index contributed by atoms with van der Waals surface area (Å²) in [5.41, 5.74) is 1.51. The first-order valence-corrected chi connectivity index (χ1v) is 15.4. The Labute approximate surface area is 245 Å². The van der Waals surface area contributed by atoms with Gasteiger partial charge < -0.3 is 19.6 Å². The number of likely N-dealkylation sites (tertiary alicyclic amines) is 1. The van der Waals surface area contributed by atoms with E-state index in [-0.39, 0.29) is 48.3 Å². The zero-order chi connectivity index (χ0) is 28.4. The molecule has 10 nitrogen and oxygen atoms in total. The predicted molar refractivity (Wildman–Crippen MR) is 155 cm³/mol. The molecular weight excluding hydrogens is 598 g/mol. The number of hydrogen-bond acceptors (Lipinski definition) is 8. The first-order valence-electron chi connectivity index (χ1n) is 13.6. The van der Waals surface area contributed by atoms with Gasteiger partial charge in [-0.05, 0) is 37.8 Å². The number of para-hydroxylation sites is 1. The lowest BCUT2D eigenvalue weighted by molar-refractivity contribution is -0.154. The van der Waals surface area contributed by atoms with Gasteiger partial charge in [-0.1, -0.05) is 45.4 Å². The van der Waals surface area contributed by atoms with E-state index in [0.29, 0.717) is 32.2 Å². The van der Waals surface area contributed by atoms with E-state index < -0.39 is 28.6 Å². The number of aliphatic hydroxyl groups excluding tert-OH is 1. The normalized spacial score (nSPS) is 28.6. The molecule has 5 rings (SSSR count). The fourth-order valence-electron chi connectivity index (χ4n) is 6.38. The number of aromatic nitrogens is 3. The van der Waals surface area contributed by atoms with Gasteiger partial charge in [-0.15, -0.1) is 30.0 Å². The van der Waals surface area contributed by atoms with Gasteiger partial charge in [-0.25, -0.2) is 4.68 Å². The molecule has 1 aromatic heterocycles. The summed E-state index contributed by atoms with van der Waals surface area (Å²) in [4.78, 5) is 45.2. The number of thioether (sulfide) groups is 1. The maximum Gasteiger partial charge on any atom is 0.310 e. The van der Waals surface area contributed by atoms with Crippen LogP contribution in [0, 0.1) is 11.8 Å². The zero-order valence-electron chi connectivity index (χ0n) is 22.2. The Hall–Kier alpha value is -2.70. The van der Waals surface area contributed by atoms with Crippen molar-refractivity contribution in [1.82, 2.24) is 24.8 Å². The van der Waals surface area contributed by atoms with Crippen LogP contribution in [0.5, 0.6) is 0 Å². The first kappa shape index (κ1) is 28.8. The Bertz CT molecular complexity index is 1300. The van der Waals surface area contributed by atoms with E-state index in [1.54, 1.807) is 38.4 Å². The summed E-state index contributed by atoms with van der Waals surface area (Å²) >= 11 is 5.34. The van der Waals surface area contributed by atoms with Gasteiger partial charge in [0.2, 0.25) is 11.8 Å². The minimum atomic E-state index is -0.780. The molecular formula is C28H34BrN5O5S. The molecule has 4 heterocycles. The van der Waals surface area contributed by atoms with Crippen molar-refractivity contribution in [1.29, 1.82) is 0 Å². The number of amides is 2. The third-order valence-electron chi connectivity index (χ3n) is 8.05. The van der Waals surface area contributed by atoms with E-state index in [1.165, 1.54) is 0 Å². The molecule has 2 aromatic rings. The smallest absolute Gasteiger partial charge is 0.310 e. The Balaban J connectivity index is 1.50. The Morgan fingerprint density at radius 2 is 2.08 bits per heavy atom. The van der Waals surface area contributed by atoms with E-state index in [2.05, 4.69) is 39.4 Å². The van der Waals surface area contributed by atoms with E-state index in [1.807, 2.05) is 24.3 Å². The van der Waals surface area contributed by atoms with Crippen molar-refractivity contribution < 1.29 is 24.2 Å². The van der Waals surface area contributed by atoms with Crippen molar-refractivity contribution in [3.8, 4) is 0 Å². The number of halogens is 1. The SMILES string of the molecule is C=CCCOC(=O)[C@H]1[C@H]2C(=O)N(CCCCO)C(C(=O)N(CC=C)Cn3nnc4ccccc43)C23CC(Br)[C@@H]1S3. The van der Waals surface area contributed by atoms with Crippen LogP contribution in [0.15, 0.2) is 49.6 Å². The Morgan fingerprint density at radius 3 is 2.83 bits per heavy atom. The summed E-state index contributed by atoms with van der Waals surface area (Å²) in [6.45, 7) is 8.45. The molecule has 0 radical (unpaired) electrons. The molecule has 214 valence electrons. The maximum atomic E-state index is 14.5. The van der Waals surface area contributed by atoms with Crippen LogP contribution in [-0.4, -0.2) is 94.9 Å².